The molecule has 2 aromatic rings. The van der Waals surface area contributed by atoms with Crippen molar-refractivity contribution in [3.05, 3.63) is 50.5 Å². The number of nitrogen functional groups attached to an aromatic ring is 1. The van der Waals surface area contributed by atoms with Gasteiger partial charge in [0.2, 0.25) is 0 Å². The van der Waals surface area contributed by atoms with E-state index in [1.165, 1.54) is 5.56 Å². The van der Waals surface area contributed by atoms with E-state index < -0.39 is 0 Å². The molecule has 1 unspecified atom stereocenters. The number of benzene rings is 1. The number of halogens is 2. The monoisotopic (exact) mass is 383 g/mol. The van der Waals surface area contributed by atoms with Crippen LogP contribution in [-0.2, 0) is 0 Å². The molecule has 100 valence electrons. The lowest BCUT2D eigenvalue weighted by Gasteiger charge is -2.17. The second-order valence-corrected chi connectivity index (χ2v) is 6.13. The van der Waals surface area contributed by atoms with Crippen molar-refractivity contribution in [3.8, 4) is 0 Å². The summed E-state index contributed by atoms with van der Waals surface area (Å²) >= 11 is 6.97. The van der Waals surface area contributed by atoms with Gasteiger partial charge in [-0.3, -0.25) is 0 Å². The fraction of sp³-hybridized carbons (Fsp3) is 0.214. The van der Waals surface area contributed by atoms with Gasteiger partial charge >= 0.3 is 0 Å². The van der Waals surface area contributed by atoms with Gasteiger partial charge in [-0.05, 0) is 53.0 Å². The summed E-state index contributed by atoms with van der Waals surface area (Å²) in [7, 11) is 0. The van der Waals surface area contributed by atoms with Crippen molar-refractivity contribution in [2.75, 3.05) is 11.1 Å². The minimum Gasteiger partial charge on any atom is -0.397 e. The Kier molecular flexibility index (Phi) is 4.47. The lowest BCUT2D eigenvalue weighted by atomic mass is 10.1. The van der Waals surface area contributed by atoms with E-state index >= 15 is 0 Å². The molecule has 1 atom stereocenters. The van der Waals surface area contributed by atoms with Crippen molar-refractivity contribution in [1.82, 2.24) is 4.98 Å². The fourth-order valence-electron chi connectivity index (χ4n) is 1.73. The largest absolute Gasteiger partial charge is 0.397 e. The molecule has 1 heterocycles. The average Bonchev–Trinajstić information content (AvgIpc) is 2.40. The van der Waals surface area contributed by atoms with E-state index in [-0.39, 0.29) is 6.04 Å². The number of nitrogens with one attached hydrogen (secondary N) is 1. The molecule has 1 aromatic heterocycles. The second-order valence-electron chi connectivity index (χ2n) is 4.42. The molecule has 0 saturated heterocycles. The zero-order valence-corrected chi connectivity index (χ0v) is 13.9. The van der Waals surface area contributed by atoms with Gasteiger partial charge in [0, 0.05) is 10.5 Å². The topological polar surface area (TPSA) is 50.9 Å². The number of hydrogen-bond acceptors (Lipinski definition) is 3. The summed E-state index contributed by atoms with van der Waals surface area (Å²) in [6, 6.07) is 8.40. The Morgan fingerprint density at radius 2 is 1.84 bits per heavy atom. The highest BCUT2D eigenvalue weighted by molar-refractivity contribution is 9.11. The number of nitrogens with two attached hydrogens (primary N) is 1. The van der Waals surface area contributed by atoms with Gasteiger partial charge in [-0.2, -0.15) is 0 Å². The molecule has 0 amide bonds. The van der Waals surface area contributed by atoms with Crippen molar-refractivity contribution in [1.29, 1.82) is 0 Å². The van der Waals surface area contributed by atoms with E-state index in [9.17, 15) is 0 Å². The van der Waals surface area contributed by atoms with Gasteiger partial charge in [0.15, 0.2) is 0 Å². The summed E-state index contributed by atoms with van der Waals surface area (Å²) in [6.45, 7) is 4.07. The zero-order chi connectivity index (χ0) is 14.0. The molecule has 0 bridgehead atoms. The molecule has 19 heavy (non-hydrogen) atoms. The highest BCUT2D eigenvalue weighted by atomic mass is 79.9. The third-order valence-corrected chi connectivity index (χ3v) is 4.53. The van der Waals surface area contributed by atoms with Crippen molar-refractivity contribution < 1.29 is 0 Å². The second kappa shape index (κ2) is 5.92. The van der Waals surface area contributed by atoms with Crippen LogP contribution in [0, 0.1) is 6.92 Å². The maximum Gasteiger partial charge on any atom is 0.141 e. The van der Waals surface area contributed by atoms with Crippen molar-refractivity contribution in [2.45, 2.75) is 19.9 Å². The maximum absolute atomic E-state index is 5.82. The number of hydrogen-bond donors (Lipinski definition) is 2. The summed E-state index contributed by atoms with van der Waals surface area (Å²) in [5, 5.41) is 3.39. The van der Waals surface area contributed by atoms with Crippen LogP contribution in [-0.4, -0.2) is 4.98 Å². The molecule has 3 nitrogen and oxygen atoms in total. The third-order valence-electron chi connectivity index (χ3n) is 3.03. The van der Waals surface area contributed by atoms with Gasteiger partial charge in [-0.25, -0.2) is 4.98 Å². The van der Waals surface area contributed by atoms with Crippen LogP contribution in [0.25, 0.3) is 0 Å². The van der Waals surface area contributed by atoms with Crippen molar-refractivity contribution in [2.24, 2.45) is 0 Å². The molecule has 0 aliphatic rings. The summed E-state index contributed by atoms with van der Waals surface area (Å²) in [5.41, 5.74) is 8.71. The van der Waals surface area contributed by atoms with Crippen LogP contribution >= 0.6 is 31.9 Å². The minimum absolute atomic E-state index is 0.167. The predicted molar refractivity (Wildman–Crippen MR) is 87.3 cm³/mol. The van der Waals surface area contributed by atoms with Gasteiger partial charge in [0.05, 0.1) is 16.4 Å². The molecular formula is C14H15Br2N3. The summed E-state index contributed by atoms with van der Waals surface area (Å²) in [5.74, 6) is 0.808. The van der Waals surface area contributed by atoms with Crippen molar-refractivity contribution >= 4 is 43.4 Å². The van der Waals surface area contributed by atoms with Crippen LogP contribution in [0.2, 0.25) is 0 Å². The quantitative estimate of drug-likeness (QED) is 0.808. The van der Waals surface area contributed by atoms with Gasteiger partial charge in [-0.15, -0.1) is 0 Å². The highest BCUT2D eigenvalue weighted by Gasteiger charge is 2.11. The van der Waals surface area contributed by atoms with Crippen LogP contribution in [0.1, 0.15) is 24.1 Å². The van der Waals surface area contributed by atoms with Crippen LogP contribution in [0.4, 0.5) is 11.5 Å². The Labute approximate surface area is 129 Å². The van der Waals surface area contributed by atoms with Crippen LogP contribution < -0.4 is 11.1 Å². The molecule has 2 rings (SSSR count). The van der Waals surface area contributed by atoms with E-state index in [1.54, 1.807) is 6.20 Å². The van der Waals surface area contributed by atoms with Gasteiger partial charge < -0.3 is 11.1 Å². The van der Waals surface area contributed by atoms with E-state index in [0.717, 1.165) is 20.3 Å². The Morgan fingerprint density at radius 3 is 2.47 bits per heavy atom. The molecule has 0 radical (unpaired) electrons. The summed E-state index contributed by atoms with van der Waals surface area (Å²) in [4.78, 5) is 4.33. The first-order valence-corrected chi connectivity index (χ1v) is 7.50. The zero-order valence-electron chi connectivity index (χ0n) is 10.7. The van der Waals surface area contributed by atoms with E-state index in [1.807, 2.05) is 19.1 Å². The minimum atomic E-state index is 0.167. The fourth-order valence-corrected chi connectivity index (χ4v) is 2.44. The van der Waals surface area contributed by atoms with Crippen LogP contribution in [0.3, 0.4) is 0 Å². The molecule has 1 aromatic carbocycles. The molecule has 0 aliphatic carbocycles. The molecule has 3 N–H and O–H groups in total. The van der Waals surface area contributed by atoms with E-state index in [2.05, 4.69) is 61.2 Å². The van der Waals surface area contributed by atoms with E-state index in [0.29, 0.717) is 5.69 Å². The number of aromatic nitrogens is 1. The Balaban J connectivity index is 2.21. The van der Waals surface area contributed by atoms with Crippen molar-refractivity contribution in [3.63, 3.8) is 0 Å². The molecule has 0 fully saturated rings. The number of anilines is 2. The highest BCUT2D eigenvalue weighted by Crippen LogP contribution is 2.30. The third kappa shape index (κ3) is 3.28. The smallest absolute Gasteiger partial charge is 0.141 e. The average molecular weight is 385 g/mol. The lowest BCUT2D eigenvalue weighted by Crippen LogP contribution is -2.09. The Morgan fingerprint density at radius 1 is 1.21 bits per heavy atom. The van der Waals surface area contributed by atoms with Gasteiger partial charge in [-0.1, -0.05) is 28.1 Å². The molecule has 0 saturated carbocycles. The molecule has 0 aliphatic heterocycles. The molecule has 0 spiro atoms. The predicted octanol–water partition coefficient (Wildman–Crippen LogP) is 4.67. The lowest BCUT2D eigenvalue weighted by molar-refractivity contribution is 0.872. The Bertz CT molecular complexity index is 582. The Hall–Kier alpha value is -1.07. The van der Waals surface area contributed by atoms with Crippen LogP contribution in [0.15, 0.2) is 39.4 Å². The molecule has 5 heteroatoms. The van der Waals surface area contributed by atoms with E-state index in [4.69, 9.17) is 5.73 Å². The summed E-state index contributed by atoms with van der Waals surface area (Å²) < 4.78 is 1.99. The normalized spacial score (nSPS) is 12.2. The summed E-state index contributed by atoms with van der Waals surface area (Å²) in [6.07, 6.45) is 1.68. The number of pyridine rings is 1. The van der Waals surface area contributed by atoms with Gasteiger partial charge in [0.25, 0.3) is 0 Å². The first-order valence-electron chi connectivity index (χ1n) is 5.91. The SMILES string of the molecule is Cc1c(N)cnc(NC(C)c2ccc(Br)cc2)c1Br. The van der Waals surface area contributed by atoms with Crippen LogP contribution in [0.5, 0.6) is 0 Å². The number of rotatable bonds is 3. The standard InChI is InChI=1S/C14H15Br2N3/c1-8-12(17)7-18-14(13(8)16)19-9(2)10-3-5-11(15)6-4-10/h3-7,9H,17H2,1-2H3,(H,18,19). The maximum atomic E-state index is 5.82. The number of nitrogens with zero attached hydrogens (tertiary/aromatic N) is 1. The first-order chi connectivity index (χ1) is 8.99. The van der Waals surface area contributed by atoms with Gasteiger partial charge in [0.1, 0.15) is 5.82 Å². The first kappa shape index (κ1) is 14.3. The molecular weight excluding hydrogens is 370 g/mol.